The summed E-state index contributed by atoms with van der Waals surface area (Å²) in [6.45, 7) is 12.6. The zero-order valence-electron chi connectivity index (χ0n) is 30.9. The highest BCUT2D eigenvalue weighted by Crippen LogP contribution is 2.30. The van der Waals surface area contributed by atoms with E-state index in [1.54, 1.807) is 60.7 Å². The number of pyridine rings is 1. The molecule has 0 aliphatic rings. The molecule has 0 N–H and O–H groups in total. The first-order valence-corrected chi connectivity index (χ1v) is 18.1. The van der Waals surface area contributed by atoms with Crippen LogP contribution in [0.4, 0.5) is 5.69 Å². The molecule has 5 aromatic rings. The van der Waals surface area contributed by atoms with Crippen molar-refractivity contribution in [1.82, 2.24) is 0 Å². The van der Waals surface area contributed by atoms with E-state index in [9.17, 15) is 22.6 Å². The van der Waals surface area contributed by atoms with Gasteiger partial charge < -0.3 is 23.7 Å². The SMILES string of the molecule is CC.Cc1ccc(C(=O)Oc2ccc(OC(=O)c3ccc(OCC[n+]4ccc(N(C)C)cc4)cc3)c(C)c2C)cc1.Cc1ccc(S(=O)(=O)[O-])cc1. The van der Waals surface area contributed by atoms with Gasteiger partial charge in [-0.25, -0.2) is 22.6 Å². The van der Waals surface area contributed by atoms with Gasteiger partial charge in [0.2, 0.25) is 0 Å². The third-order valence-electron chi connectivity index (χ3n) is 7.79. The molecule has 5 rings (SSSR count). The van der Waals surface area contributed by atoms with Gasteiger partial charge in [-0.1, -0.05) is 49.2 Å². The highest BCUT2D eigenvalue weighted by Gasteiger charge is 2.16. The van der Waals surface area contributed by atoms with Gasteiger partial charge in [0.25, 0.3) is 0 Å². The predicted molar refractivity (Wildman–Crippen MR) is 200 cm³/mol. The summed E-state index contributed by atoms with van der Waals surface area (Å²) in [5, 5.41) is 0. The number of ether oxygens (including phenoxy) is 3. The maximum absolute atomic E-state index is 12.8. The highest BCUT2D eigenvalue weighted by atomic mass is 32.2. The average Bonchev–Trinajstić information content (AvgIpc) is 3.13. The van der Waals surface area contributed by atoms with Crippen LogP contribution in [0.2, 0.25) is 0 Å². The topological polar surface area (TPSA) is 126 Å². The summed E-state index contributed by atoms with van der Waals surface area (Å²) in [5.74, 6) is 0.579. The fraction of sp³-hybridized carbons (Fsp3) is 0.244. The number of aromatic nitrogens is 1. The normalized spacial score (nSPS) is 10.5. The molecule has 0 saturated heterocycles. The average molecular weight is 727 g/mol. The Bertz CT molecular complexity index is 2030. The second-order valence-corrected chi connectivity index (χ2v) is 13.2. The molecule has 4 aromatic carbocycles. The lowest BCUT2D eigenvalue weighted by molar-refractivity contribution is -0.697. The van der Waals surface area contributed by atoms with E-state index >= 15 is 0 Å². The van der Waals surface area contributed by atoms with Gasteiger partial charge >= 0.3 is 11.9 Å². The van der Waals surface area contributed by atoms with Crippen LogP contribution in [0.15, 0.2) is 114 Å². The molecule has 11 heteroatoms. The Morgan fingerprint density at radius 2 is 1.08 bits per heavy atom. The molecule has 0 unspecified atom stereocenters. The van der Waals surface area contributed by atoms with Gasteiger partial charge in [0, 0.05) is 31.9 Å². The van der Waals surface area contributed by atoms with Crippen LogP contribution in [0.25, 0.3) is 0 Å². The van der Waals surface area contributed by atoms with Crippen LogP contribution < -0.4 is 23.7 Å². The molecule has 274 valence electrons. The van der Waals surface area contributed by atoms with E-state index in [2.05, 4.69) is 21.6 Å². The van der Waals surface area contributed by atoms with Crippen LogP contribution in [0.3, 0.4) is 0 Å². The van der Waals surface area contributed by atoms with Crippen molar-refractivity contribution in [2.45, 2.75) is 53.0 Å². The summed E-state index contributed by atoms with van der Waals surface area (Å²) >= 11 is 0. The number of rotatable bonds is 10. The van der Waals surface area contributed by atoms with Crippen molar-refractivity contribution in [2.24, 2.45) is 0 Å². The van der Waals surface area contributed by atoms with E-state index in [1.807, 2.05) is 80.2 Å². The van der Waals surface area contributed by atoms with Crippen molar-refractivity contribution in [2.75, 3.05) is 25.6 Å². The second-order valence-electron chi connectivity index (χ2n) is 11.8. The van der Waals surface area contributed by atoms with Crippen molar-refractivity contribution in [3.05, 3.63) is 143 Å². The maximum atomic E-state index is 12.8. The summed E-state index contributed by atoms with van der Waals surface area (Å²) in [4.78, 5) is 27.2. The highest BCUT2D eigenvalue weighted by molar-refractivity contribution is 7.85. The van der Waals surface area contributed by atoms with E-state index in [-0.39, 0.29) is 4.90 Å². The van der Waals surface area contributed by atoms with Crippen molar-refractivity contribution in [1.29, 1.82) is 0 Å². The van der Waals surface area contributed by atoms with Gasteiger partial charge in [0.05, 0.1) is 16.0 Å². The van der Waals surface area contributed by atoms with Crippen LogP contribution in [0.5, 0.6) is 17.2 Å². The largest absolute Gasteiger partial charge is 0.744 e. The van der Waals surface area contributed by atoms with Crippen LogP contribution >= 0.6 is 0 Å². The van der Waals surface area contributed by atoms with Gasteiger partial charge in [-0.15, -0.1) is 0 Å². The summed E-state index contributed by atoms with van der Waals surface area (Å²) in [6, 6.07) is 27.2. The predicted octanol–water partition coefficient (Wildman–Crippen LogP) is 7.41. The standard InChI is InChI=1S/C32H33N2O5.C7H8O3S.C2H6/c1-22-6-8-25(9-7-22)31(35)38-29-14-15-30(24(3)23(29)2)39-32(36)26-10-12-28(13-11-26)37-21-20-34-18-16-27(17-19-34)33(4)5;1-6-2-4-7(5-3-6)11(8,9)10;1-2/h6-19H,20-21H2,1-5H3;2-5H,1H3,(H,8,9,10);1-2H3/q+1;;/p-1. The van der Waals surface area contributed by atoms with Gasteiger partial charge in [-0.3, -0.25) is 0 Å². The fourth-order valence-corrected chi connectivity index (χ4v) is 5.03. The Morgan fingerprint density at radius 3 is 1.50 bits per heavy atom. The molecule has 0 bridgehead atoms. The Hall–Kier alpha value is -5.52. The van der Waals surface area contributed by atoms with Crippen LogP contribution in [0, 0.1) is 27.7 Å². The molecule has 0 aliphatic heterocycles. The van der Waals surface area contributed by atoms with E-state index in [0.717, 1.165) is 22.4 Å². The number of hydrogen-bond donors (Lipinski definition) is 0. The molecular weight excluding hydrogens is 681 g/mol. The number of benzene rings is 4. The lowest BCUT2D eigenvalue weighted by Crippen LogP contribution is -2.35. The fourth-order valence-electron chi connectivity index (χ4n) is 4.56. The lowest BCUT2D eigenvalue weighted by atomic mass is 10.1. The van der Waals surface area contributed by atoms with Crippen LogP contribution in [-0.4, -0.2) is 45.6 Å². The maximum Gasteiger partial charge on any atom is 0.343 e. The molecular formula is C41H46N2O8S. The van der Waals surface area contributed by atoms with Gasteiger partial charge in [0.15, 0.2) is 18.9 Å². The van der Waals surface area contributed by atoms with Gasteiger partial charge in [-0.05, 0) is 99.5 Å². The zero-order chi connectivity index (χ0) is 38.4. The number of hydrogen-bond acceptors (Lipinski definition) is 9. The first-order chi connectivity index (χ1) is 24.7. The third kappa shape index (κ3) is 12.1. The first-order valence-electron chi connectivity index (χ1n) is 16.7. The van der Waals surface area contributed by atoms with Gasteiger partial charge in [-0.2, -0.15) is 0 Å². The van der Waals surface area contributed by atoms with Crippen molar-refractivity contribution in [3.8, 4) is 17.2 Å². The summed E-state index contributed by atoms with van der Waals surface area (Å²) in [5.41, 5.74) is 5.44. The Kier molecular flexibility index (Phi) is 15.1. The molecule has 0 aliphatic carbocycles. The van der Waals surface area contributed by atoms with E-state index < -0.39 is 22.1 Å². The quantitative estimate of drug-likeness (QED) is 0.0626. The lowest BCUT2D eigenvalue weighted by Gasteiger charge is -2.14. The van der Waals surface area contributed by atoms with Crippen LogP contribution in [0.1, 0.15) is 56.8 Å². The van der Waals surface area contributed by atoms with Gasteiger partial charge in [0.1, 0.15) is 34.0 Å². The zero-order valence-corrected chi connectivity index (χ0v) is 31.7. The number of carbonyl (C=O) groups is 2. The van der Waals surface area contributed by atoms with E-state index in [1.165, 1.54) is 12.1 Å². The van der Waals surface area contributed by atoms with E-state index in [4.69, 9.17) is 14.2 Å². The van der Waals surface area contributed by atoms with Crippen molar-refractivity contribution in [3.63, 3.8) is 0 Å². The molecule has 1 heterocycles. The molecule has 0 atom stereocenters. The molecule has 0 radical (unpaired) electrons. The first kappa shape index (κ1) is 40.9. The molecule has 0 spiro atoms. The number of nitrogens with zero attached hydrogens (tertiary/aromatic N) is 2. The molecule has 52 heavy (non-hydrogen) atoms. The molecule has 0 saturated carbocycles. The molecule has 10 nitrogen and oxygen atoms in total. The Morgan fingerprint density at radius 1 is 0.654 bits per heavy atom. The Labute approximate surface area is 307 Å². The minimum absolute atomic E-state index is 0.178. The monoisotopic (exact) mass is 726 g/mol. The third-order valence-corrected chi connectivity index (χ3v) is 8.64. The summed E-state index contributed by atoms with van der Waals surface area (Å²) < 4.78 is 50.3. The molecule has 1 aromatic heterocycles. The number of esters is 2. The van der Waals surface area contributed by atoms with Crippen LogP contribution in [-0.2, 0) is 16.7 Å². The Balaban J connectivity index is 0.000000475. The van der Waals surface area contributed by atoms with Crippen molar-refractivity contribution >= 4 is 27.7 Å². The second kappa shape index (κ2) is 19.2. The minimum Gasteiger partial charge on any atom is -0.744 e. The molecule has 0 amide bonds. The number of aryl methyl sites for hydroxylation is 2. The van der Waals surface area contributed by atoms with E-state index in [0.29, 0.717) is 47.1 Å². The van der Waals surface area contributed by atoms with Crippen molar-refractivity contribution < 1.29 is 41.3 Å². The molecule has 0 fully saturated rings. The number of anilines is 1. The summed E-state index contributed by atoms with van der Waals surface area (Å²) in [7, 11) is -0.256. The smallest absolute Gasteiger partial charge is 0.343 e. The number of carbonyl (C=O) groups excluding carboxylic acids is 2. The minimum atomic E-state index is -4.27. The summed E-state index contributed by atoms with van der Waals surface area (Å²) in [6.07, 6.45) is 4.03.